The van der Waals surface area contributed by atoms with Gasteiger partial charge in [0.2, 0.25) is 0 Å². The monoisotopic (exact) mass is 503 g/mol. The number of aliphatic hydroxyl groups is 1. The van der Waals surface area contributed by atoms with Crippen molar-refractivity contribution < 1.29 is 14.7 Å². The van der Waals surface area contributed by atoms with E-state index in [2.05, 4.69) is 19.9 Å². The van der Waals surface area contributed by atoms with Crippen molar-refractivity contribution in [3.8, 4) is 22.6 Å². The zero-order valence-corrected chi connectivity index (χ0v) is 21.0. The van der Waals surface area contributed by atoms with Gasteiger partial charge >= 0.3 is 6.03 Å². The SMILES string of the molecule is Cc1nc(-c2nc(N(C(N)=O)c3cc(-c4ccnc(C(C)(C)O)n4)ccc3C)ccc2C(N)=O)cs1. The first-order chi connectivity index (χ1) is 17.0. The Morgan fingerprint density at radius 1 is 1.00 bits per heavy atom. The number of carbonyl (C=O) groups excluding carboxylic acids is 2. The van der Waals surface area contributed by atoms with Gasteiger partial charge in [0.1, 0.15) is 22.8 Å². The lowest BCUT2D eigenvalue weighted by molar-refractivity contribution is 0.0688. The van der Waals surface area contributed by atoms with Crippen LogP contribution in [0, 0.1) is 13.8 Å². The van der Waals surface area contributed by atoms with Gasteiger partial charge in [-0.2, -0.15) is 0 Å². The molecule has 0 spiro atoms. The van der Waals surface area contributed by atoms with Crippen LogP contribution in [-0.4, -0.2) is 37.0 Å². The number of anilines is 2. The van der Waals surface area contributed by atoms with E-state index in [1.54, 1.807) is 37.6 Å². The Balaban J connectivity index is 1.85. The molecule has 0 aliphatic carbocycles. The van der Waals surface area contributed by atoms with Gasteiger partial charge in [0, 0.05) is 17.1 Å². The Morgan fingerprint density at radius 3 is 2.36 bits per heavy atom. The van der Waals surface area contributed by atoms with Gasteiger partial charge < -0.3 is 16.6 Å². The molecule has 0 fully saturated rings. The summed E-state index contributed by atoms with van der Waals surface area (Å²) in [6.07, 6.45) is 1.56. The number of benzene rings is 1. The number of pyridine rings is 1. The number of aromatic nitrogens is 4. The molecule has 36 heavy (non-hydrogen) atoms. The molecule has 0 aliphatic heterocycles. The molecule has 0 saturated heterocycles. The van der Waals surface area contributed by atoms with Crippen molar-refractivity contribution in [3.63, 3.8) is 0 Å². The third kappa shape index (κ3) is 4.92. The second-order valence-electron chi connectivity index (χ2n) is 8.68. The normalized spacial score (nSPS) is 11.4. The van der Waals surface area contributed by atoms with Crippen LogP contribution in [0.5, 0.6) is 0 Å². The number of hydrogen-bond acceptors (Lipinski definition) is 8. The van der Waals surface area contributed by atoms with Gasteiger partial charge in [0.15, 0.2) is 5.82 Å². The van der Waals surface area contributed by atoms with Crippen LogP contribution in [0.3, 0.4) is 0 Å². The standard InChI is InChI=1S/C25H25N7O3S/c1-13-5-6-15(17-9-10-28-23(30-17)25(3,4)35)11-19(13)32(24(27)34)20-8-7-16(22(26)33)21(31-20)18-12-36-14(2)29-18/h5-12,35H,1-4H3,(H2,26,33)(H2,27,34). The number of thiazole rings is 1. The van der Waals surface area contributed by atoms with E-state index in [0.29, 0.717) is 22.6 Å². The average molecular weight is 504 g/mol. The second kappa shape index (κ2) is 9.44. The molecule has 0 saturated carbocycles. The Bertz CT molecular complexity index is 1480. The number of hydrogen-bond donors (Lipinski definition) is 3. The van der Waals surface area contributed by atoms with Crippen molar-refractivity contribution in [2.24, 2.45) is 11.5 Å². The quantitative estimate of drug-likeness (QED) is 0.360. The summed E-state index contributed by atoms with van der Waals surface area (Å²) in [6, 6.07) is 9.39. The van der Waals surface area contributed by atoms with Gasteiger partial charge in [0.05, 0.1) is 22.0 Å². The van der Waals surface area contributed by atoms with Crippen molar-refractivity contribution in [3.05, 3.63) is 69.9 Å². The maximum absolute atomic E-state index is 12.7. The molecule has 0 radical (unpaired) electrons. The number of primary amides is 2. The van der Waals surface area contributed by atoms with Crippen LogP contribution in [0.15, 0.2) is 48.0 Å². The Labute approximate surface area is 211 Å². The summed E-state index contributed by atoms with van der Waals surface area (Å²) in [5.74, 6) is -0.195. The molecule has 3 heterocycles. The minimum Gasteiger partial charge on any atom is -0.382 e. The fourth-order valence-electron chi connectivity index (χ4n) is 3.62. The van der Waals surface area contributed by atoms with E-state index in [1.807, 2.05) is 26.0 Å². The smallest absolute Gasteiger partial charge is 0.325 e. The van der Waals surface area contributed by atoms with E-state index in [4.69, 9.17) is 11.5 Å². The van der Waals surface area contributed by atoms with E-state index in [-0.39, 0.29) is 22.9 Å². The van der Waals surface area contributed by atoms with Crippen LogP contribution in [0.25, 0.3) is 22.6 Å². The van der Waals surface area contributed by atoms with Gasteiger partial charge in [0.25, 0.3) is 5.91 Å². The minimum atomic E-state index is -1.22. The topological polar surface area (TPSA) is 161 Å². The van der Waals surface area contributed by atoms with Crippen molar-refractivity contribution >= 4 is 34.8 Å². The van der Waals surface area contributed by atoms with Gasteiger partial charge in [-0.25, -0.2) is 29.6 Å². The highest BCUT2D eigenvalue weighted by Crippen LogP contribution is 2.34. The van der Waals surface area contributed by atoms with Crippen molar-refractivity contribution in [2.75, 3.05) is 4.90 Å². The predicted octanol–water partition coefficient (Wildman–Crippen LogP) is 3.82. The van der Waals surface area contributed by atoms with Gasteiger partial charge in [-0.1, -0.05) is 12.1 Å². The van der Waals surface area contributed by atoms with Crippen LogP contribution < -0.4 is 16.4 Å². The number of aryl methyl sites for hydroxylation is 2. The van der Waals surface area contributed by atoms with E-state index in [1.165, 1.54) is 28.4 Å². The highest BCUT2D eigenvalue weighted by atomic mass is 32.1. The summed E-state index contributed by atoms with van der Waals surface area (Å²) >= 11 is 1.40. The van der Waals surface area contributed by atoms with Gasteiger partial charge in [-0.05, 0) is 57.5 Å². The first-order valence-corrected chi connectivity index (χ1v) is 11.8. The molecule has 3 aromatic heterocycles. The molecule has 5 N–H and O–H groups in total. The molecule has 0 unspecified atom stereocenters. The van der Waals surface area contributed by atoms with Crippen molar-refractivity contribution in [2.45, 2.75) is 33.3 Å². The minimum absolute atomic E-state index is 0.180. The molecule has 11 heteroatoms. The van der Waals surface area contributed by atoms with Crippen molar-refractivity contribution in [1.82, 2.24) is 19.9 Å². The predicted molar refractivity (Wildman–Crippen MR) is 138 cm³/mol. The van der Waals surface area contributed by atoms with Crippen LogP contribution in [0.1, 0.15) is 40.6 Å². The van der Waals surface area contributed by atoms with Crippen LogP contribution in [0.2, 0.25) is 0 Å². The summed E-state index contributed by atoms with van der Waals surface area (Å²) in [7, 11) is 0. The zero-order chi connectivity index (χ0) is 26.2. The van der Waals surface area contributed by atoms with Crippen LogP contribution in [0.4, 0.5) is 16.3 Å². The number of nitrogens with two attached hydrogens (primary N) is 2. The summed E-state index contributed by atoms with van der Waals surface area (Å²) in [6.45, 7) is 6.87. The number of amides is 3. The fraction of sp³-hybridized carbons (Fsp3) is 0.200. The van der Waals surface area contributed by atoms with Crippen LogP contribution >= 0.6 is 11.3 Å². The molecule has 0 bridgehead atoms. The van der Waals surface area contributed by atoms with Gasteiger partial charge in [-0.3, -0.25) is 4.79 Å². The molecule has 0 aliphatic rings. The summed E-state index contributed by atoms with van der Waals surface area (Å²) < 4.78 is 0. The Morgan fingerprint density at radius 2 is 1.75 bits per heavy atom. The highest BCUT2D eigenvalue weighted by Gasteiger charge is 2.24. The molecule has 0 atom stereocenters. The molecule has 1 aromatic carbocycles. The third-order valence-corrected chi connectivity index (χ3v) is 6.18. The Hall–Kier alpha value is -4.22. The van der Waals surface area contributed by atoms with E-state index in [9.17, 15) is 14.7 Å². The van der Waals surface area contributed by atoms with E-state index in [0.717, 1.165) is 10.6 Å². The maximum Gasteiger partial charge on any atom is 0.325 e. The lowest BCUT2D eigenvalue weighted by atomic mass is 10.0. The highest BCUT2D eigenvalue weighted by molar-refractivity contribution is 7.09. The molecule has 10 nitrogen and oxygen atoms in total. The second-order valence-corrected chi connectivity index (χ2v) is 9.74. The van der Waals surface area contributed by atoms with E-state index >= 15 is 0 Å². The molecule has 184 valence electrons. The first-order valence-electron chi connectivity index (χ1n) is 11.0. The Kier molecular flexibility index (Phi) is 6.53. The van der Waals surface area contributed by atoms with Crippen LogP contribution in [-0.2, 0) is 5.60 Å². The molecule has 4 aromatic rings. The molecule has 3 amide bonds. The van der Waals surface area contributed by atoms with E-state index < -0.39 is 17.5 Å². The summed E-state index contributed by atoms with van der Waals surface area (Å²) in [5, 5.41) is 12.9. The van der Waals surface area contributed by atoms with Gasteiger partial charge in [-0.15, -0.1) is 11.3 Å². The molecular weight excluding hydrogens is 478 g/mol. The number of rotatable bonds is 6. The molecule has 4 rings (SSSR count). The zero-order valence-electron chi connectivity index (χ0n) is 20.2. The number of carbonyl (C=O) groups is 2. The summed E-state index contributed by atoms with van der Waals surface area (Å²) in [4.78, 5) is 43.6. The third-order valence-electron chi connectivity index (χ3n) is 5.41. The van der Waals surface area contributed by atoms with Crippen molar-refractivity contribution in [1.29, 1.82) is 0 Å². The lowest BCUT2D eigenvalue weighted by Gasteiger charge is -2.23. The fourth-order valence-corrected chi connectivity index (χ4v) is 4.22. The lowest BCUT2D eigenvalue weighted by Crippen LogP contribution is -2.33. The average Bonchev–Trinajstić information content (AvgIpc) is 3.25. The number of nitrogens with zero attached hydrogens (tertiary/aromatic N) is 5. The molecular formula is C25H25N7O3S. The largest absolute Gasteiger partial charge is 0.382 e. The first kappa shape index (κ1) is 24.9. The number of urea groups is 1. The maximum atomic E-state index is 12.7. The summed E-state index contributed by atoms with van der Waals surface area (Å²) in [5.41, 5.74) is 13.5.